The third-order valence-corrected chi connectivity index (χ3v) is 4.28. The van der Waals surface area contributed by atoms with Gasteiger partial charge in [-0.15, -0.1) is 0 Å². The summed E-state index contributed by atoms with van der Waals surface area (Å²) in [5.74, 6) is -0.332. The number of aromatic nitrogens is 2. The summed E-state index contributed by atoms with van der Waals surface area (Å²) in [6, 6.07) is 10.1. The first-order valence-electron chi connectivity index (χ1n) is 8.90. The van der Waals surface area contributed by atoms with Crippen molar-refractivity contribution in [2.75, 3.05) is 11.9 Å². The molecule has 2 aromatic carbocycles. The Bertz CT molecular complexity index is 1060. The highest BCUT2D eigenvalue weighted by Gasteiger charge is 2.11. The van der Waals surface area contributed by atoms with Crippen molar-refractivity contribution in [2.45, 2.75) is 27.3 Å². The molecule has 1 aromatic heterocycles. The van der Waals surface area contributed by atoms with Crippen molar-refractivity contribution in [3.8, 4) is 5.75 Å². The Hall–Kier alpha value is -3.22. The molecule has 5 nitrogen and oxygen atoms in total. The first kappa shape index (κ1) is 19.5. The Balaban J connectivity index is 1.95. The monoisotopic (exact) mass is 385 g/mol. The van der Waals surface area contributed by atoms with E-state index in [1.807, 2.05) is 26.0 Å². The van der Waals surface area contributed by atoms with Gasteiger partial charge in [0.1, 0.15) is 11.6 Å². The van der Waals surface area contributed by atoms with E-state index in [-0.39, 0.29) is 18.3 Å². The molecule has 0 amide bonds. The van der Waals surface area contributed by atoms with Gasteiger partial charge in [-0.25, -0.2) is 4.39 Å². The molecule has 0 unspecified atom stereocenters. The van der Waals surface area contributed by atoms with E-state index in [0.717, 1.165) is 23.1 Å². The fraction of sp³-hybridized carbons (Fsp3) is 0.238. The Morgan fingerprint density at radius 1 is 1.07 bits per heavy atom. The minimum atomic E-state index is -0.951. The number of nitrogens with zero attached hydrogens (tertiary/aromatic N) is 2. The lowest BCUT2D eigenvalue weighted by Crippen LogP contribution is -2.20. The van der Waals surface area contributed by atoms with Crippen molar-refractivity contribution < 1.29 is 13.5 Å². The third kappa shape index (κ3) is 4.36. The summed E-state index contributed by atoms with van der Waals surface area (Å²) in [5.41, 5.74) is 1.90. The maximum Gasteiger partial charge on any atom is 0.310 e. The predicted molar refractivity (Wildman–Crippen MR) is 104 cm³/mol. The summed E-state index contributed by atoms with van der Waals surface area (Å²) in [4.78, 5) is 15.6. The van der Waals surface area contributed by atoms with Gasteiger partial charge < -0.3 is 14.6 Å². The van der Waals surface area contributed by atoms with E-state index in [4.69, 9.17) is 4.74 Å². The summed E-state index contributed by atoms with van der Waals surface area (Å²) in [6.45, 7) is 6.23. The Morgan fingerprint density at radius 3 is 2.54 bits per heavy atom. The number of ether oxygens (including phenoxy) is 1. The molecule has 0 fully saturated rings. The molecule has 0 saturated carbocycles. The van der Waals surface area contributed by atoms with Gasteiger partial charge in [0.2, 0.25) is 11.8 Å². The maximum absolute atomic E-state index is 13.9. The SMILES string of the molecule is CCOc1ccc(Nc2nc(=O)c(F)cn2Cc2ccc(F)c(C)c2)c(C)c1. The normalized spacial score (nSPS) is 10.8. The quantitative estimate of drug-likeness (QED) is 0.686. The molecular weight excluding hydrogens is 364 g/mol. The Morgan fingerprint density at radius 2 is 1.86 bits per heavy atom. The van der Waals surface area contributed by atoms with Crippen LogP contribution in [0.1, 0.15) is 23.6 Å². The molecule has 0 radical (unpaired) electrons. The molecule has 0 aliphatic carbocycles. The number of anilines is 2. The van der Waals surface area contributed by atoms with Gasteiger partial charge in [-0.1, -0.05) is 12.1 Å². The Kier molecular flexibility index (Phi) is 5.73. The molecule has 0 atom stereocenters. The number of hydrogen-bond donors (Lipinski definition) is 1. The van der Waals surface area contributed by atoms with Crippen LogP contribution in [0.5, 0.6) is 5.75 Å². The molecule has 0 aliphatic heterocycles. The summed E-state index contributed by atoms with van der Waals surface area (Å²) in [7, 11) is 0. The molecule has 146 valence electrons. The number of nitrogens with one attached hydrogen (secondary N) is 1. The largest absolute Gasteiger partial charge is 0.494 e. The molecule has 0 aliphatic rings. The maximum atomic E-state index is 13.9. The molecule has 3 aromatic rings. The average Bonchev–Trinajstić information content (AvgIpc) is 2.64. The fourth-order valence-electron chi connectivity index (χ4n) is 2.84. The van der Waals surface area contributed by atoms with Gasteiger partial charge in [0.15, 0.2) is 0 Å². The molecule has 28 heavy (non-hydrogen) atoms. The molecule has 1 N–H and O–H groups in total. The van der Waals surface area contributed by atoms with Crippen LogP contribution in [0, 0.1) is 25.5 Å². The van der Waals surface area contributed by atoms with Crippen molar-refractivity contribution in [1.29, 1.82) is 0 Å². The Labute approximate surface area is 161 Å². The second kappa shape index (κ2) is 8.21. The van der Waals surface area contributed by atoms with Gasteiger partial charge in [0, 0.05) is 11.9 Å². The van der Waals surface area contributed by atoms with E-state index in [0.29, 0.717) is 17.9 Å². The summed E-state index contributed by atoms with van der Waals surface area (Å²) in [5, 5.41) is 3.08. The average molecular weight is 385 g/mol. The van der Waals surface area contributed by atoms with Crippen LogP contribution < -0.4 is 15.6 Å². The lowest BCUT2D eigenvalue weighted by molar-refractivity contribution is 0.340. The number of benzene rings is 2. The predicted octanol–water partition coefficient (Wildman–Crippen LogP) is 4.33. The highest BCUT2D eigenvalue weighted by Crippen LogP contribution is 2.24. The van der Waals surface area contributed by atoms with E-state index < -0.39 is 11.4 Å². The third-order valence-electron chi connectivity index (χ3n) is 4.28. The fourth-order valence-corrected chi connectivity index (χ4v) is 2.84. The van der Waals surface area contributed by atoms with Crippen LogP contribution in [0.15, 0.2) is 47.4 Å². The topological polar surface area (TPSA) is 56.1 Å². The molecule has 7 heteroatoms. The van der Waals surface area contributed by atoms with Gasteiger partial charge in [-0.2, -0.15) is 9.37 Å². The molecular formula is C21H21F2N3O2. The van der Waals surface area contributed by atoms with Gasteiger partial charge in [-0.3, -0.25) is 4.79 Å². The van der Waals surface area contributed by atoms with Gasteiger partial charge in [0.25, 0.3) is 0 Å². The zero-order chi connectivity index (χ0) is 20.3. The van der Waals surface area contributed by atoms with Crippen LogP contribution in [0.3, 0.4) is 0 Å². The molecule has 3 rings (SSSR count). The van der Waals surface area contributed by atoms with E-state index in [1.54, 1.807) is 25.1 Å². The second-order valence-corrected chi connectivity index (χ2v) is 6.46. The molecule has 0 spiro atoms. The standard InChI is InChI=1S/C21H21F2N3O2/c1-4-28-16-6-8-19(14(3)10-16)24-21-25-20(27)18(23)12-26(21)11-15-5-7-17(22)13(2)9-15/h5-10,12H,4,11H2,1-3H3,(H,24,25,27). The number of aryl methyl sites for hydroxylation is 2. The highest BCUT2D eigenvalue weighted by molar-refractivity contribution is 5.60. The minimum Gasteiger partial charge on any atom is -0.494 e. The van der Waals surface area contributed by atoms with E-state index in [2.05, 4.69) is 10.3 Å². The van der Waals surface area contributed by atoms with Crippen LogP contribution in [0.25, 0.3) is 0 Å². The zero-order valence-electron chi connectivity index (χ0n) is 15.9. The minimum absolute atomic E-state index is 0.195. The van der Waals surface area contributed by atoms with E-state index >= 15 is 0 Å². The summed E-state index contributed by atoms with van der Waals surface area (Å²) in [6.07, 6.45) is 1.10. The van der Waals surface area contributed by atoms with Gasteiger partial charge in [-0.05, 0) is 61.7 Å². The van der Waals surface area contributed by atoms with Crippen LogP contribution >= 0.6 is 0 Å². The van der Waals surface area contributed by atoms with Crippen LogP contribution in [0.2, 0.25) is 0 Å². The van der Waals surface area contributed by atoms with E-state index in [1.165, 1.54) is 10.6 Å². The molecule has 1 heterocycles. The lowest BCUT2D eigenvalue weighted by atomic mass is 10.1. The van der Waals surface area contributed by atoms with Crippen molar-refractivity contribution in [1.82, 2.24) is 9.55 Å². The number of rotatable bonds is 6. The van der Waals surface area contributed by atoms with Crippen LogP contribution in [0.4, 0.5) is 20.4 Å². The van der Waals surface area contributed by atoms with Gasteiger partial charge >= 0.3 is 5.56 Å². The lowest BCUT2D eigenvalue weighted by Gasteiger charge is -2.16. The van der Waals surface area contributed by atoms with Gasteiger partial charge in [0.05, 0.1) is 13.2 Å². The number of hydrogen-bond acceptors (Lipinski definition) is 4. The van der Waals surface area contributed by atoms with E-state index in [9.17, 15) is 13.6 Å². The van der Waals surface area contributed by atoms with Crippen LogP contribution in [-0.4, -0.2) is 16.2 Å². The van der Waals surface area contributed by atoms with Crippen molar-refractivity contribution in [3.63, 3.8) is 0 Å². The zero-order valence-corrected chi connectivity index (χ0v) is 15.9. The first-order chi connectivity index (χ1) is 13.4. The van der Waals surface area contributed by atoms with Crippen molar-refractivity contribution >= 4 is 11.6 Å². The number of halogens is 2. The smallest absolute Gasteiger partial charge is 0.310 e. The second-order valence-electron chi connectivity index (χ2n) is 6.46. The van der Waals surface area contributed by atoms with Crippen LogP contribution in [-0.2, 0) is 6.54 Å². The van der Waals surface area contributed by atoms with Crippen molar-refractivity contribution in [3.05, 3.63) is 81.3 Å². The highest BCUT2D eigenvalue weighted by atomic mass is 19.1. The van der Waals surface area contributed by atoms with Crippen molar-refractivity contribution in [2.24, 2.45) is 0 Å². The summed E-state index contributed by atoms with van der Waals surface area (Å²) >= 11 is 0. The molecule has 0 saturated heterocycles. The summed E-state index contributed by atoms with van der Waals surface area (Å²) < 4.78 is 34.3. The first-order valence-corrected chi connectivity index (χ1v) is 8.90. The molecule has 0 bridgehead atoms.